The summed E-state index contributed by atoms with van der Waals surface area (Å²) in [5, 5.41) is 7.00. The highest BCUT2D eigenvalue weighted by atomic mass is 16.2. The zero-order valence-corrected chi connectivity index (χ0v) is 18.2. The number of aryl methyl sites for hydroxylation is 1. The SMILES string of the molecule is C/C=C\CCCC[C@H]1CCc2cc(C3CCC(N)C3)ccc2C1.CC.CO. The molecule has 0 spiro atoms. The molecule has 154 valence electrons. The van der Waals surface area contributed by atoms with Crippen LogP contribution >= 0.6 is 0 Å². The highest BCUT2D eigenvalue weighted by Crippen LogP contribution is 2.36. The first-order valence-electron chi connectivity index (χ1n) is 11.2. The van der Waals surface area contributed by atoms with E-state index in [0.29, 0.717) is 6.04 Å². The van der Waals surface area contributed by atoms with Crippen molar-refractivity contribution in [2.45, 2.75) is 96.9 Å². The van der Waals surface area contributed by atoms with E-state index in [2.05, 4.69) is 37.3 Å². The van der Waals surface area contributed by atoms with Gasteiger partial charge in [0.1, 0.15) is 0 Å². The minimum Gasteiger partial charge on any atom is -0.400 e. The van der Waals surface area contributed by atoms with Gasteiger partial charge in [0.25, 0.3) is 0 Å². The molecule has 1 saturated carbocycles. The highest BCUT2D eigenvalue weighted by Gasteiger charge is 2.25. The topological polar surface area (TPSA) is 46.2 Å². The van der Waals surface area contributed by atoms with Crippen molar-refractivity contribution in [3.63, 3.8) is 0 Å². The first-order valence-corrected chi connectivity index (χ1v) is 11.2. The summed E-state index contributed by atoms with van der Waals surface area (Å²) >= 11 is 0. The number of aliphatic hydroxyl groups excluding tert-OH is 1. The summed E-state index contributed by atoms with van der Waals surface area (Å²) in [6.45, 7) is 6.12. The number of benzene rings is 1. The van der Waals surface area contributed by atoms with Gasteiger partial charge in [0.2, 0.25) is 0 Å². The van der Waals surface area contributed by atoms with Crippen LogP contribution in [0.25, 0.3) is 0 Å². The molecule has 2 aliphatic carbocycles. The lowest BCUT2D eigenvalue weighted by molar-refractivity contribution is 0.399. The molecule has 2 nitrogen and oxygen atoms in total. The van der Waals surface area contributed by atoms with Crippen molar-refractivity contribution in [2.24, 2.45) is 11.7 Å². The van der Waals surface area contributed by atoms with Gasteiger partial charge < -0.3 is 10.8 Å². The van der Waals surface area contributed by atoms with E-state index in [1.807, 2.05) is 13.8 Å². The van der Waals surface area contributed by atoms with Gasteiger partial charge in [0, 0.05) is 13.2 Å². The lowest BCUT2D eigenvalue weighted by atomic mass is 9.80. The van der Waals surface area contributed by atoms with Crippen LogP contribution < -0.4 is 5.73 Å². The second kappa shape index (κ2) is 14.0. The van der Waals surface area contributed by atoms with Crippen LogP contribution in [0.5, 0.6) is 0 Å². The highest BCUT2D eigenvalue weighted by molar-refractivity contribution is 5.36. The van der Waals surface area contributed by atoms with E-state index in [9.17, 15) is 0 Å². The van der Waals surface area contributed by atoms with E-state index in [1.54, 1.807) is 16.7 Å². The summed E-state index contributed by atoms with van der Waals surface area (Å²) in [6.07, 6.45) is 17.6. The number of nitrogens with two attached hydrogens (primary N) is 1. The molecule has 2 unspecified atom stereocenters. The van der Waals surface area contributed by atoms with Gasteiger partial charge in [-0.05, 0) is 86.8 Å². The second-order valence-electron chi connectivity index (χ2n) is 7.76. The Kier molecular flexibility index (Phi) is 12.4. The van der Waals surface area contributed by atoms with Crippen LogP contribution in [0.1, 0.15) is 94.7 Å². The fourth-order valence-electron chi connectivity index (χ4n) is 4.53. The molecule has 0 bridgehead atoms. The van der Waals surface area contributed by atoms with Crippen molar-refractivity contribution in [1.29, 1.82) is 0 Å². The number of unbranched alkanes of at least 4 members (excludes halogenated alkanes) is 2. The van der Waals surface area contributed by atoms with Crippen LogP contribution in [-0.2, 0) is 12.8 Å². The minimum atomic E-state index is 0.433. The molecular weight excluding hydrogens is 330 g/mol. The number of hydrogen-bond donors (Lipinski definition) is 2. The van der Waals surface area contributed by atoms with Gasteiger partial charge in [-0.3, -0.25) is 0 Å². The fourth-order valence-corrected chi connectivity index (χ4v) is 4.53. The Morgan fingerprint density at radius 2 is 1.85 bits per heavy atom. The summed E-state index contributed by atoms with van der Waals surface area (Å²) in [5.74, 6) is 1.64. The minimum absolute atomic E-state index is 0.433. The molecule has 1 aromatic carbocycles. The number of allylic oxidation sites excluding steroid dienone is 2. The summed E-state index contributed by atoms with van der Waals surface area (Å²) in [6, 6.07) is 7.78. The lowest BCUT2D eigenvalue weighted by Crippen LogP contribution is -2.16. The molecule has 0 radical (unpaired) electrons. The molecule has 2 heteroatoms. The van der Waals surface area contributed by atoms with Crippen molar-refractivity contribution in [3.8, 4) is 0 Å². The Labute approximate surface area is 168 Å². The number of aliphatic hydroxyl groups is 1. The molecular formula is C25H43NO. The summed E-state index contributed by atoms with van der Waals surface area (Å²) < 4.78 is 0. The van der Waals surface area contributed by atoms with E-state index in [-0.39, 0.29) is 0 Å². The molecule has 0 amide bonds. The number of rotatable bonds is 6. The van der Waals surface area contributed by atoms with Gasteiger partial charge >= 0.3 is 0 Å². The van der Waals surface area contributed by atoms with Crippen molar-refractivity contribution in [1.82, 2.24) is 0 Å². The Hall–Kier alpha value is -1.12. The molecule has 0 saturated heterocycles. The van der Waals surface area contributed by atoms with Crippen LogP contribution in [0.3, 0.4) is 0 Å². The summed E-state index contributed by atoms with van der Waals surface area (Å²) in [7, 11) is 1.00. The van der Waals surface area contributed by atoms with Gasteiger partial charge in [0.15, 0.2) is 0 Å². The normalized spacial score (nSPS) is 23.9. The molecule has 1 fully saturated rings. The van der Waals surface area contributed by atoms with E-state index < -0.39 is 0 Å². The molecule has 3 atom stereocenters. The van der Waals surface area contributed by atoms with Crippen LogP contribution in [-0.4, -0.2) is 18.3 Å². The van der Waals surface area contributed by atoms with E-state index in [4.69, 9.17) is 10.8 Å². The van der Waals surface area contributed by atoms with E-state index in [1.165, 1.54) is 64.2 Å². The van der Waals surface area contributed by atoms with Crippen molar-refractivity contribution in [2.75, 3.05) is 7.11 Å². The Morgan fingerprint density at radius 3 is 2.52 bits per heavy atom. The third-order valence-corrected chi connectivity index (χ3v) is 5.97. The van der Waals surface area contributed by atoms with Crippen molar-refractivity contribution in [3.05, 3.63) is 47.0 Å². The smallest absolute Gasteiger partial charge is 0.0319 e. The predicted octanol–water partition coefficient (Wildman–Crippen LogP) is 6.16. The third kappa shape index (κ3) is 7.79. The molecule has 3 N–H and O–H groups in total. The van der Waals surface area contributed by atoms with Crippen LogP contribution in [0.4, 0.5) is 0 Å². The lowest BCUT2D eigenvalue weighted by Gasteiger charge is -2.26. The Balaban J connectivity index is 0.000000855. The van der Waals surface area contributed by atoms with Gasteiger partial charge in [-0.1, -0.05) is 57.0 Å². The molecule has 0 heterocycles. The zero-order valence-electron chi connectivity index (χ0n) is 18.2. The molecule has 1 aromatic rings. The largest absolute Gasteiger partial charge is 0.400 e. The monoisotopic (exact) mass is 373 g/mol. The molecule has 0 aliphatic heterocycles. The standard InChI is InChI=1S/C22H33N.C2H6.CH4O/c1-2-3-4-5-6-7-17-8-9-19-15-20(11-10-18(19)14-17)21-12-13-22(23)16-21;2*1-2/h2-3,10-11,15,17,21-22H,4-9,12-14,16,23H2,1H3;1-2H3;2H,1H3/b3-2-;;/t17-,21?,22?;;/m0../s1. The van der Waals surface area contributed by atoms with Crippen LogP contribution in [0.2, 0.25) is 0 Å². The van der Waals surface area contributed by atoms with Gasteiger partial charge in [0.05, 0.1) is 0 Å². The Bertz CT molecular complexity index is 537. The first-order chi connectivity index (χ1) is 13.3. The molecule has 0 aromatic heterocycles. The third-order valence-electron chi connectivity index (χ3n) is 5.97. The van der Waals surface area contributed by atoms with E-state index >= 15 is 0 Å². The molecule has 27 heavy (non-hydrogen) atoms. The average molecular weight is 374 g/mol. The molecule has 2 aliphatic rings. The zero-order chi connectivity index (χ0) is 20.1. The van der Waals surface area contributed by atoms with Gasteiger partial charge in [-0.2, -0.15) is 0 Å². The van der Waals surface area contributed by atoms with Crippen molar-refractivity contribution < 1.29 is 5.11 Å². The first kappa shape index (κ1) is 23.9. The van der Waals surface area contributed by atoms with Crippen LogP contribution in [0, 0.1) is 5.92 Å². The van der Waals surface area contributed by atoms with Gasteiger partial charge in [-0.15, -0.1) is 0 Å². The van der Waals surface area contributed by atoms with E-state index in [0.717, 1.165) is 18.9 Å². The summed E-state index contributed by atoms with van der Waals surface area (Å²) in [4.78, 5) is 0. The average Bonchev–Trinajstić information content (AvgIpc) is 3.17. The maximum atomic E-state index is 7.00. The molecule has 3 rings (SSSR count). The maximum absolute atomic E-state index is 7.00. The number of hydrogen-bond acceptors (Lipinski definition) is 2. The second-order valence-corrected chi connectivity index (χ2v) is 7.76. The maximum Gasteiger partial charge on any atom is 0.0319 e. The predicted molar refractivity (Wildman–Crippen MR) is 119 cm³/mol. The van der Waals surface area contributed by atoms with Crippen LogP contribution in [0.15, 0.2) is 30.4 Å². The van der Waals surface area contributed by atoms with Gasteiger partial charge in [-0.25, -0.2) is 0 Å². The Morgan fingerprint density at radius 1 is 1.07 bits per heavy atom. The fraction of sp³-hybridized carbons (Fsp3) is 0.680. The summed E-state index contributed by atoms with van der Waals surface area (Å²) in [5.41, 5.74) is 10.9. The number of fused-ring (bicyclic) bond motifs is 1. The quantitative estimate of drug-likeness (QED) is 0.463. The van der Waals surface area contributed by atoms with Crippen molar-refractivity contribution >= 4 is 0 Å².